The number of hydrogen-bond donors (Lipinski definition) is 1. The molecule has 0 aromatic heterocycles. The van der Waals surface area contributed by atoms with E-state index in [2.05, 4.69) is 4.74 Å². The molecule has 0 aromatic rings. The minimum Gasteiger partial charge on any atom is -0.467 e. The summed E-state index contributed by atoms with van der Waals surface area (Å²) in [6, 6.07) is 0. The minimum absolute atomic E-state index is 0. The molecular formula is C6H10ClNO2S. The summed E-state index contributed by atoms with van der Waals surface area (Å²) in [7, 11) is 1.34. The SMILES string of the molecule is COC(=O)C1(N)C=CSC1.Cl. The molecule has 0 aliphatic carbocycles. The van der Waals surface area contributed by atoms with E-state index in [-0.39, 0.29) is 18.4 Å². The number of hydrogen-bond acceptors (Lipinski definition) is 4. The van der Waals surface area contributed by atoms with E-state index < -0.39 is 5.54 Å². The molecule has 0 aromatic carbocycles. The van der Waals surface area contributed by atoms with Gasteiger partial charge in [0, 0.05) is 5.75 Å². The number of rotatable bonds is 1. The number of carbonyl (C=O) groups excluding carboxylic acids is 1. The van der Waals surface area contributed by atoms with Crippen LogP contribution in [-0.4, -0.2) is 24.4 Å². The maximum absolute atomic E-state index is 10.9. The summed E-state index contributed by atoms with van der Waals surface area (Å²) in [5.41, 5.74) is 4.76. The number of methoxy groups -OCH3 is 1. The zero-order chi connectivity index (χ0) is 7.61. The molecular weight excluding hydrogens is 186 g/mol. The molecule has 0 spiro atoms. The molecule has 1 aliphatic heterocycles. The van der Waals surface area contributed by atoms with Crippen molar-refractivity contribution in [1.29, 1.82) is 0 Å². The number of halogens is 1. The van der Waals surface area contributed by atoms with E-state index in [0.29, 0.717) is 5.75 Å². The van der Waals surface area contributed by atoms with Crippen molar-refractivity contribution in [3.05, 3.63) is 11.5 Å². The summed E-state index contributed by atoms with van der Waals surface area (Å²) in [6.45, 7) is 0. The molecule has 0 amide bonds. The van der Waals surface area contributed by atoms with Crippen molar-refractivity contribution in [2.45, 2.75) is 5.54 Å². The number of carbonyl (C=O) groups is 1. The summed E-state index contributed by atoms with van der Waals surface area (Å²) in [5, 5.41) is 1.82. The fraction of sp³-hybridized carbons (Fsp3) is 0.500. The van der Waals surface area contributed by atoms with E-state index in [9.17, 15) is 4.79 Å². The quantitative estimate of drug-likeness (QED) is 0.621. The van der Waals surface area contributed by atoms with Gasteiger partial charge in [0.1, 0.15) is 5.54 Å². The lowest BCUT2D eigenvalue weighted by atomic mass is 10.1. The van der Waals surface area contributed by atoms with Crippen molar-refractivity contribution >= 4 is 30.1 Å². The Morgan fingerprint density at radius 3 is 2.82 bits per heavy atom. The Bertz CT molecular complexity index is 185. The molecule has 1 heterocycles. The summed E-state index contributed by atoms with van der Waals surface area (Å²) in [6.07, 6.45) is 1.67. The minimum atomic E-state index is -0.876. The maximum Gasteiger partial charge on any atom is 0.330 e. The highest BCUT2D eigenvalue weighted by Gasteiger charge is 2.34. The lowest BCUT2D eigenvalue weighted by Gasteiger charge is -2.16. The highest BCUT2D eigenvalue weighted by molar-refractivity contribution is 8.02. The Morgan fingerprint density at radius 1 is 1.82 bits per heavy atom. The molecule has 5 heteroatoms. The van der Waals surface area contributed by atoms with Crippen molar-refractivity contribution in [3.63, 3.8) is 0 Å². The van der Waals surface area contributed by atoms with E-state index in [4.69, 9.17) is 5.73 Å². The monoisotopic (exact) mass is 195 g/mol. The van der Waals surface area contributed by atoms with Gasteiger partial charge in [-0.1, -0.05) is 0 Å². The van der Waals surface area contributed by atoms with Gasteiger partial charge in [-0.2, -0.15) is 0 Å². The molecule has 11 heavy (non-hydrogen) atoms. The zero-order valence-electron chi connectivity index (χ0n) is 6.07. The molecule has 0 radical (unpaired) electrons. The predicted molar refractivity (Wildman–Crippen MR) is 47.8 cm³/mol. The lowest BCUT2D eigenvalue weighted by Crippen LogP contribution is -2.47. The number of ether oxygens (including phenoxy) is 1. The van der Waals surface area contributed by atoms with Gasteiger partial charge in [-0.25, -0.2) is 4.79 Å². The standard InChI is InChI=1S/C6H9NO2S.ClH/c1-9-5(8)6(7)2-3-10-4-6;/h2-3H,4,7H2,1H3;1H. The van der Waals surface area contributed by atoms with Gasteiger partial charge >= 0.3 is 5.97 Å². The normalized spacial score (nSPS) is 27.8. The highest BCUT2D eigenvalue weighted by Crippen LogP contribution is 2.23. The smallest absolute Gasteiger partial charge is 0.330 e. The van der Waals surface area contributed by atoms with E-state index >= 15 is 0 Å². The van der Waals surface area contributed by atoms with Gasteiger partial charge in [0.25, 0.3) is 0 Å². The number of thioether (sulfide) groups is 1. The molecule has 3 nitrogen and oxygen atoms in total. The van der Waals surface area contributed by atoms with Crippen LogP contribution < -0.4 is 5.73 Å². The van der Waals surface area contributed by atoms with Crippen LogP contribution in [0.3, 0.4) is 0 Å². The van der Waals surface area contributed by atoms with Crippen molar-refractivity contribution < 1.29 is 9.53 Å². The van der Waals surface area contributed by atoms with Gasteiger partial charge in [0.15, 0.2) is 0 Å². The third-order valence-electron chi connectivity index (χ3n) is 1.35. The summed E-state index contributed by atoms with van der Waals surface area (Å²) < 4.78 is 4.51. The van der Waals surface area contributed by atoms with E-state index in [1.54, 1.807) is 6.08 Å². The first-order valence-electron chi connectivity index (χ1n) is 2.86. The topological polar surface area (TPSA) is 52.3 Å². The average Bonchev–Trinajstić information content (AvgIpc) is 2.36. The average molecular weight is 196 g/mol. The molecule has 1 rings (SSSR count). The molecule has 0 fully saturated rings. The molecule has 0 bridgehead atoms. The van der Waals surface area contributed by atoms with Crippen LogP contribution in [0.2, 0.25) is 0 Å². The third kappa shape index (κ3) is 2.12. The first kappa shape index (κ1) is 10.8. The van der Waals surface area contributed by atoms with Gasteiger partial charge in [-0.15, -0.1) is 24.2 Å². The maximum atomic E-state index is 10.9. The molecule has 2 N–H and O–H groups in total. The van der Waals surface area contributed by atoms with Crippen molar-refractivity contribution in [1.82, 2.24) is 0 Å². The van der Waals surface area contributed by atoms with E-state index in [0.717, 1.165) is 0 Å². The van der Waals surface area contributed by atoms with Gasteiger partial charge in [-0.05, 0) is 11.5 Å². The van der Waals surface area contributed by atoms with Gasteiger partial charge in [0.2, 0.25) is 0 Å². The van der Waals surface area contributed by atoms with Crippen LogP contribution in [0.1, 0.15) is 0 Å². The fourth-order valence-corrected chi connectivity index (χ4v) is 1.65. The highest BCUT2D eigenvalue weighted by atomic mass is 35.5. The molecule has 1 atom stereocenters. The summed E-state index contributed by atoms with van der Waals surface area (Å²) in [4.78, 5) is 10.9. The Balaban J connectivity index is 0.000001000. The van der Waals surface area contributed by atoms with E-state index in [1.165, 1.54) is 18.9 Å². The second kappa shape index (κ2) is 3.99. The third-order valence-corrected chi connectivity index (χ3v) is 2.32. The second-order valence-electron chi connectivity index (χ2n) is 2.15. The van der Waals surface area contributed by atoms with Crippen LogP contribution >= 0.6 is 24.2 Å². The Hall–Kier alpha value is -0.190. The van der Waals surface area contributed by atoms with Gasteiger partial charge in [-0.3, -0.25) is 0 Å². The van der Waals surface area contributed by atoms with Crippen molar-refractivity contribution in [3.8, 4) is 0 Å². The van der Waals surface area contributed by atoms with Crippen LogP contribution in [0, 0.1) is 0 Å². The van der Waals surface area contributed by atoms with Crippen LogP contribution in [0.15, 0.2) is 11.5 Å². The Kier molecular flexibility index (Phi) is 3.92. The molecule has 0 saturated heterocycles. The fourth-order valence-electron chi connectivity index (χ4n) is 0.721. The molecule has 1 unspecified atom stereocenters. The second-order valence-corrected chi connectivity index (χ2v) is 3.04. The van der Waals surface area contributed by atoms with Crippen molar-refractivity contribution in [2.75, 3.05) is 12.9 Å². The molecule has 64 valence electrons. The molecule has 1 aliphatic rings. The predicted octanol–water partition coefficient (Wildman–Crippen LogP) is 0.539. The van der Waals surface area contributed by atoms with Gasteiger partial charge in [0.05, 0.1) is 7.11 Å². The van der Waals surface area contributed by atoms with E-state index in [1.807, 2.05) is 5.41 Å². The van der Waals surface area contributed by atoms with Crippen LogP contribution in [0.25, 0.3) is 0 Å². The summed E-state index contributed by atoms with van der Waals surface area (Å²) in [5.74, 6) is 0.216. The summed E-state index contributed by atoms with van der Waals surface area (Å²) >= 11 is 1.52. The zero-order valence-corrected chi connectivity index (χ0v) is 7.71. The Morgan fingerprint density at radius 2 is 2.45 bits per heavy atom. The van der Waals surface area contributed by atoms with Crippen LogP contribution in [-0.2, 0) is 9.53 Å². The van der Waals surface area contributed by atoms with Gasteiger partial charge < -0.3 is 10.5 Å². The molecule has 0 saturated carbocycles. The lowest BCUT2D eigenvalue weighted by molar-refractivity contribution is -0.144. The Labute approximate surface area is 75.8 Å². The number of nitrogens with two attached hydrogens (primary N) is 1. The first-order chi connectivity index (χ1) is 4.69. The van der Waals surface area contributed by atoms with Crippen molar-refractivity contribution in [2.24, 2.45) is 5.73 Å². The van der Waals surface area contributed by atoms with Crippen LogP contribution in [0.4, 0.5) is 0 Å². The largest absolute Gasteiger partial charge is 0.467 e. The first-order valence-corrected chi connectivity index (χ1v) is 3.90. The number of esters is 1. The van der Waals surface area contributed by atoms with Crippen LogP contribution in [0.5, 0.6) is 0 Å².